The third-order valence-electron chi connectivity index (χ3n) is 22.1. The van der Waals surface area contributed by atoms with E-state index < -0.39 is 0 Å². The average molecular weight is 1550 g/mol. The molecular formula is C104H60N10O2S2. The molecular weight excluding hydrogens is 1490 g/mol. The number of nitrogens with zero attached hydrogens (tertiary/aromatic N) is 10. The van der Waals surface area contributed by atoms with Crippen LogP contribution in [-0.2, 0) is 0 Å². The Morgan fingerprint density at radius 3 is 0.847 bits per heavy atom. The molecule has 118 heavy (non-hydrogen) atoms. The van der Waals surface area contributed by atoms with E-state index in [0.717, 1.165) is 191 Å². The van der Waals surface area contributed by atoms with Gasteiger partial charge in [-0.3, -0.25) is 0 Å². The molecule has 0 spiro atoms. The summed E-state index contributed by atoms with van der Waals surface area (Å²) in [5.41, 5.74) is 24.0. The Kier molecular flexibility index (Phi) is 16.3. The standard InChI is InChI=1S/C104H60N10O2S2/c1-5-22-61(23-6-1)69-30-17-33-72(56-69)100-105-89(95-91(107-100)81-36-13-15-42-87(81)117-95)64-48-44-62(45-49-64)78-39-21-41-80-84-60-76(53-55-86(84)116-94(78)80)104-113-99(68-28-11-4-12-29-68)110-102(114-104)74-35-19-32-71(58-74)70-31-18-34-73(57-70)101-106-90(96-92(108-101)82-37-14-16-43-88(82)118-96)65-50-46-63(47-51-65)77-38-20-40-79-83-59-75(52-54-85(83)115-93(77)79)103-111-97(66-24-7-2-8-25-66)109-98(112-103)67-26-9-3-10-27-67/h1-60H. The summed E-state index contributed by atoms with van der Waals surface area (Å²) < 4.78 is 18.0. The second-order valence-electron chi connectivity index (χ2n) is 29.3. The molecule has 8 heterocycles. The first-order valence-electron chi connectivity index (χ1n) is 39.0. The summed E-state index contributed by atoms with van der Waals surface area (Å²) in [5.74, 6) is 4.74. The van der Waals surface area contributed by atoms with Gasteiger partial charge in [0, 0.05) is 108 Å². The lowest BCUT2D eigenvalue weighted by Gasteiger charge is -2.11. The van der Waals surface area contributed by atoms with E-state index >= 15 is 0 Å². The Hall–Kier alpha value is -15.5. The number of para-hydroxylation sites is 2. The van der Waals surface area contributed by atoms with Gasteiger partial charge in [-0.15, -0.1) is 22.7 Å². The summed E-state index contributed by atoms with van der Waals surface area (Å²) in [7, 11) is 0. The number of fused-ring (bicyclic) bond motifs is 12. The minimum atomic E-state index is 0.537. The second-order valence-corrected chi connectivity index (χ2v) is 31.4. The molecule has 0 N–H and O–H groups in total. The molecule has 0 aliphatic carbocycles. The summed E-state index contributed by atoms with van der Waals surface area (Å²) in [6.07, 6.45) is 0. The van der Waals surface area contributed by atoms with Gasteiger partial charge in [0.15, 0.2) is 46.6 Å². The molecule has 0 radical (unpaired) electrons. The zero-order valence-corrected chi connectivity index (χ0v) is 64.4. The zero-order chi connectivity index (χ0) is 77.7. The Labute approximate surface area is 683 Å². The van der Waals surface area contributed by atoms with Crippen molar-refractivity contribution in [1.29, 1.82) is 0 Å². The molecule has 0 amide bonds. The van der Waals surface area contributed by atoms with Crippen molar-refractivity contribution in [2.45, 2.75) is 0 Å². The molecule has 0 unspecified atom stereocenters. The molecule has 0 saturated carbocycles. The largest absolute Gasteiger partial charge is 0.455 e. The number of benzene rings is 15. The third kappa shape index (κ3) is 12.1. The smallest absolute Gasteiger partial charge is 0.164 e. The topological polar surface area (TPSA) is 155 Å². The molecule has 0 saturated heterocycles. The molecule has 23 aromatic rings. The fourth-order valence-corrected chi connectivity index (χ4v) is 18.5. The fraction of sp³-hybridized carbons (Fsp3) is 0. The third-order valence-corrected chi connectivity index (χ3v) is 24.4. The maximum Gasteiger partial charge on any atom is 0.164 e. The first-order valence-corrected chi connectivity index (χ1v) is 40.6. The van der Waals surface area contributed by atoms with E-state index in [4.69, 9.17) is 58.7 Å². The van der Waals surface area contributed by atoms with Gasteiger partial charge in [-0.2, -0.15) is 0 Å². The van der Waals surface area contributed by atoms with Crippen LogP contribution in [0.4, 0.5) is 0 Å². The molecule has 8 aromatic heterocycles. The lowest BCUT2D eigenvalue weighted by molar-refractivity contribution is 0.669. The molecule has 0 aliphatic heterocycles. The van der Waals surface area contributed by atoms with Crippen LogP contribution in [0, 0.1) is 0 Å². The minimum absolute atomic E-state index is 0.537. The van der Waals surface area contributed by atoms with E-state index in [-0.39, 0.29) is 0 Å². The van der Waals surface area contributed by atoms with Gasteiger partial charge in [-0.25, -0.2) is 49.8 Å². The van der Waals surface area contributed by atoms with Crippen LogP contribution in [0.1, 0.15) is 0 Å². The fourth-order valence-electron chi connectivity index (χ4n) is 16.2. The molecule has 550 valence electrons. The van der Waals surface area contributed by atoms with Gasteiger partial charge in [0.25, 0.3) is 0 Å². The number of hydrogen-bond donors (Lipinski definition) is 0. The Morgan fingerprint density at radius 2 is 0.458 bits per heavy atom. The zero-order valence-electron chi connectivity index (χ0n) is 62.7. The molecule has 14 heteroatoms. The van der Waals surface area contributed by atoms with Crippen molar-refractivity contribution in [1.82, 2.24) is 49.8 Å². The Balaban J connectivity index is 0.556. The lowest BCUT2D eigenvalue weighted by atomic mass is 9.99. The quantitative estimate of drug-likeness (QED) is 0.102. The van der Waals surface area contributed by atoms with E-state index in [0.29, 0.717) is 46.6 Å². The highest BCUT2D eigenvalue weighted by atomic mass is 32.1. The highest BCUT2D eigenvalue weighted by molar-refractivity contribution is 7.26. The van der Waals surface area contributed by atoms with Crippen molar-refractivity contribution in [3.05, 3.63) is 364 Å². The predicted octanol–water partition coefficient (Wildman–Crippen LogP) is 27.5. The Bertz CT molecular complexity index is 7870. The van der Waals surface area contributed by atoms with Crippen molar-refractivity contribution in [3.63, 3.8) is 0 Å². The van der Waals surface area contributed by atoms with E-state index in [9.17, 15) is 0 Å². The highest BCUT2D eigenvalue weighted by Gasteiger charge is 2.24. The van der Waals surface area contributed by atoms with Crippen molar-refractivity contribution >= 4 is 107 Å². The maximum absolute atomic E-state index is 6.86. The molecule has 0 bridgehead atoms. The second kappa shape index (κ2) is 28.3. The van der Waals surface area contributed by atoms with Crippen LogP contribution < -0.4 is 0 Å². The number of furan rings is 2. The highest BCUT2D eigenvalue weighted by Crippen LogP contribution is 2.46. The number of aromatic nitrogens is 10. The van der Waals surface area contributed by atoms with Crippen LogP contribution in [0.2, 0.25) is 0 Å². The van der Waals surface area contributed by atoms with E-state index in [1.54, 1.807) is 22.7 Å². The summed E-state index contributed by atoms with van der Waals surface area (Å²) in [6, 6.07) is 125. The van der Waals surface area contributed by atoms with Gasteiger partial charge in [-0.05, 0) is 100 Å². The average Bonchev–Trinajstić information content (AvgIpc) is 1.60. The van der Waals surface area contributed by atoms with Gasteiger partial charge in [0.05, 0.1) is 31.8 Å². The normalized spacial score (nSPS) is 11.7. The van der Waals surface area contributed by atoms with E-state index in [1.165, 1.54) is 4.70 Å². The minimum Gasteiger partial charge on any atom is -0.455 e. The van der Waals surface area contributed by atoms with Gasteiger partial charge in [0.2, 0.25) is 0 Å². The van der Waals surface area contributed by atoms with Gasteiger partial charge < -0.3 is 8.83 Å². The Morgan fingerprint density at radius 1 is 0.178 bits per heavy atom. The summed E-state index contributed by atoms with van der Waals surface area (Å²) in [6.45, 7) is 0. The summed E-state index contributed by atoms with van der Waals surface area (Å²) >= 11 is 3.44. The monoisotopic (exact) mass is 1540 g/mol. The number of hydrogen-bond acceptors (Lipinski definition) is 14. The molecule has 12 nitrogen and oxygen atoms in total. The van der Waals surface area contributed by atoms with Crippen molar-refractivity contribution < 1.29 is 8.83 Å². The van der Waals surface area contributed by atoms with E-state index in [2.05, 4.69) is 243 Å². The first-order chi connectivity index (χ1) is 58.4. The van der Waals surface area contributed by atoms with Crippen LogP contribution in [0.15, 0.2) is 373 Å². The van der Waals surface area contributed by atoms with Crippen LogP contribution in [0.25, 0.3) is 243 Å². The van der Waals surface area contributed by atoms with Crippen LogP contribution in [0.5, 0.6) is 0 Å². The molecule has 15 aromatic carbocycles. The molecule has 23 rings (SSSR count). The maximum atomic E-state index is 6.86. The van der Waals surface area contributed by atoms with E-state index in [1.807, 2.05) is 121 Å². The number of thiophene rings is 2. The van der Waals surface area contributed by atoms with Crippen molar-refractivity contribution in [2.75, 3.05) is 0 Å². The first kappa shape index (κ1) is 68.1. The SMILES string of the molecule is c1ccc(-c2cccc(-c3nc(-c4ccc(-c5cccc6c5oc5ccc(-c7nc(-c8ccccc8)nc(-c8cccc(-c9cccc(-c%10nc(-c%11ccc(-c%12cccc%13c%12oc%12ccc(-c%14nc(-c%15ccccc%15)nc(-c%15ccccc%15)n%14)cc%12%13)cc%11)c%11sc%12ccccc%12c%11n%10)c9)c8)n7)cc56)cc4)c4sc5ccccc5c4n3)c2)cc1. The van der Waals surface area contributed by atoms with Gasteiger partial charge in [-0.1, -0.05) is 297 Å². The van der Waals surface area contributed by atoms with Gasteiger partial charge in [0.1, 0.15) is 22.3 Å². The molecule has 0 atom stereocenters. The number of rotatable bonds is 14. The van der Waals surface area contributed by atoms with Gasteiger partial charge >= 0.3 is 0 Å². The summed E-state index contributed by atoms with van der Waals surface area (Å²) in [4.78, 5) is 52.3. The predicted molar refractivity (Wildman–Crippen MR) is 481 cm³/mol. The van der Waals surface area contributed by atoms with Crippen molar-refractivity contribution in [2.24, 2.45) is 0 Å². The van der Waals surface area contributed by atoms with Crippen LogP contribution in [-0.4, -0.2) is 49.8 Å². The van der Waals surface area contributed by atoms with Crippen LogP contribution in [0.3, 0.4) is 0 Å². The summed E-state index contributed by atoms with van der Waals surface area (Å²) in [5, 5.41) is 6.10. The molecule has 0 aliphatic rings. The molecule has 0 fully saturated rings. The van der Waals surface area contributed by atoms with Crippen LogP contribution >= 0.6 is 22.7 Å². The lowest BCUT2D eigenvalue weighted by Crippen LogP contribution is -2.00. The van der Waals surface area contributed by atoms with Crippen molar-refractivity contribution in [3.8, 4) is 158 Å².